The van der Waals surface area contributed by atoms with Crippen molar-refractivity contribution in [2.45, 2.75) is 41.0 Å². The van der Waals surface area contributed by atoms with Crippen LogP contribution in [0.15, 0.2) is 11.6 Å². The summed E-state index contributed by atoms with van der Waals surface area (Å²) in [7, 11) is 0. The van der Waals surface area contributed by atoms with Gasteiger partial charge in [0.2, 0.25) is 0 Å². The summed E-state index contributed by atoms with van der Waals surface area (Å²) in [4.78, 5) is 23.3. The van der Waals surface area contributed by atoms with Gasteiger partial charge in [-0.1, -0.05) is 20.8 Å². The van der Waals surface area contributed by atoms with E-state index in [0.717, 1.165) is 6.42 Å². The molecule has 0 heterocycles. The number of carbonyl (C=O) groups excluding carboxylic acids is 2. The first kappa shape index (κ1) is 16.7. The molecule has 0 bridgehead atoms. The lowest BCUT2D eigenvalue weighted by molar-refractivity contribution is -0.141. The van der Waals surface area contributed by atoms with E-state index in [0.29, 0.717) is 24.7 Å². The zero-order valence-electron chi connectivity index (χ0n) is 12.0. The van der Waals surface area contributed by atoms with Crippen LogP contribution >= 0.6 is 0 Å². The maximum atomic E-state index is 11.8. The van der Waals surface area contributed by atoms with Crippen molar-refractivity contribution in [2.75, 3.05) is 13.2 Å². The van der Waals surface area contributed by atoms with Crippen LogP contribution in [-0.4, -0.2) is 25.2 Å². The fraction of sp³-hybridized carbons (Fsp3) is 0.714. The quantitative estimate of drug-likeness (QED) is 0.519. The van der Waals surface area contributed by atoms with E-state index in [1.807, 2.05) is 6.92 Å². The Morgan fingerprint density at radius 1 is 1.06 bits per heavy atom. The normalized spacial score (nSPS) is 13.3. The summed E-state index contributed by atoms with van der Waals surface area (Å²) in [6.07, 6.45) is 2.08. The van der Waals surface area contributed by atoms with Gasteiger partial charge in [-0.05, 0) is 32.1 Å². The minimum Gasteiger partial charge on any atom is -0.463 e. The van der Waals surface area contributed by atoms with E-state index in [-0.39, 0.29) is 5.92 Å². The molecule has 104 valence electrons. The Labute approximate surface area is 109 Å². The van der Waals surface area contributed by atoms with E-state index >= 15 is 0 Å². The molecule has 0 aliphatic heterocycles. The van der Waals surface area contributed by atoms with Gasteiger partial charge in [-0.2, -0.15) is 0 Å². The van der Waals surface area contributed by atoms with Crippen LogP contribution in [0.2, 0.25) is 0 Å². The topological polar surface area (TPSA) is 52.6 Å². The second kappa shape index (κ2) is 8.72. The molecule has 0 aromatic rings. The number of hydrogen-bond donors (Lipinski definition) is 0. The lowest BCUT2D eigenvalue weighted by Gasteiger charge is -2.16. The number of ether oxygens (including phenoxy) is 2. The van der Waals surface area contributed by atoms with Crippen LogP contribution < -0.4 is 0 Å². The maximum absolute atomic E-state index is 11.8. The van der Waals surface area contributed by atoms with Gasteiger partial charge in [-0.15, -0.1) is 0 Å². The monoisotopic (exact) mass is 256 g/mol. The molecule has 1 atom stereocenters. The highest BCUT2D eigenvalue weighted by Crippen LogP contribution is 2.21. The summed E-state index contributed by atoms with van der Waals surface area (Å²) < 4.78 is 9.80. The molecule has 4 heteroatoms. The molecule has 0 N–H and O–H groups in total. The molecule has 18 heavy (non-hydrogen) atoms. The zero-order valence-corrected chi connectivity index (χ0v) is 12.0. The van der Waals surface area contributed by atoms with Crippen molar-refractivity contribution in [3.05, 3.63) is 11.6 Å². The molecule has 0 spiro atoms. The third kappa shape index (κ3) is 6.42. The highest BCUT2D eigenvalue weighted by atomic mass is 16.5. The van der Waals surface area contributed by atoms with E-state index in [9.17, 15) is 9.59 Å². The van der Waals surface area contributed by atoms with Crippen LogP contribution in [0, 0.1) is 11.8 Å². The third-order valence-electron chi connectivity index (χ3n) is 2.43. The summed E-state index contributed by atoms with van der Waals surface area (Å²) in [6, 6.07) is 0. The predicted octanol–water partition coefficient (Wildman–Crippen LogP) is 2.72. The largest absolute Gasteiger partial charge is 0.463 e. The molecule has 0 saturated carbocycles. The number of carbonyl (C=O) groups is 2. The summed E-state index contributed by atoms with van der Waals surface area (Å²) in [5.41, 5.74) is 0.393. The molecule has 0 aliphatic rings. The minimum atomic E-state index is -0.490. The van der Waals surface area contributed by atoms with Crippen molar-refractivity contribution >= 4 is 11.9 Å². The lowest BCUT2D eigenvalue weighted by Crippen LogP contribution is -2.17. The van der Waals surface area contributed by atoms with Crippen molar-refractivity contribution in [2.24, 2.45) is 11.8 Å². The van der Waals surface area contributed by atoms with Crippen molar-refractivity contribution < 1.29 is 19.1 Å². The van der Waals surface area contributed by atoms with Crippen molar-refractivity contribution in [1.82, 2.24) is 0 Å². The number of hydrogen-bond acceptors (Lipinski definition) is 4. The first-order valence-corrected chi connectivity index (χ1v) is 6.47. The lowest BCUT2D eigenvalue weighted by atomic mass is 9.91. The van der Waals surface area contributed by atoms with Gasteiger partial charge in [0.15, 0.2) is 0 Å². The Hall–Kier alpha value is -1.32. The van der Waals surface area contributed by atoms with Crippen LogP contribution in [0.3, 0.4) is 0 Å². The molecule has 0 saturated heterocycles. The molecular formula is C14H24O4. The van der Waals surface area contributed by atoms with E-state index in [1.165, 1.54) is 6.08 Å². The Bertz CT molecular complexity index is 305. The van der Waals surface area contributed by atoms with Crippen LogP contribution in [0.5, 0.6) is 0 Å². The summed E-state index contributed by atoms with van der Waals surface area (Å²) in [6.45, 7) is 10.1. The van der Waals surface area contributed by atoms with Crippen molar-refractivity contribution in [3.8, 4) is 0 Å². The SMILES string of the molecule is CCOC(=O)/C=C(\C(=O)OCC)C(C)CC(C)C. The molecular weight excluding hydrogens is 232 g/mol. The average molecular weight is 256 g/mol. The second-order valence-corrected chi connectivity index (χ2v) is 4.60. The molecule has 0 radical (unpaired) electrons. The Morgan fingerprint density at radius 2 is 1.61 bits per heavy atom. The Morgan fingerprint density at radius 3 is 2.06 bits per heavy atom. The fourth-order valence-corrected chi connectivity index (χ4v) is 1.76. The molecule has 0 aliphatic carbocycles. The predicted molar refractivity (Wildman–Crippen MR) is 70.0 cm³/mol. The first-order valence-electron chi connectivity index (χ1n) is 6.47. The molecule has 0 amide bonds. The zero-order chi connectivity index (χ0) is 14.1. The molecule has 1 unspecified atom stereocenters. The van der Waals surface area contributed by atoms with Gasteiger partial charge in [-0.3, -0.25) is 0 Å². The van der Waals surface area contributed by atoms with Gasteiger partial charge >= 0.3 is 11.9 Å². The van der Waals surface area contributed by atoms with Gasteiger partial charge < -0.3 is 9.47 Å². The Balaban J connectivity index is 4.92. The highest BCUT2D eigenvalue weighted by molar-refractivity contribution is 5.96. The van der Waals surface area contributed by atoms with Crippen LogP contribution in [0.1, 0.15) is 41.0 Å². The average Bonchev–Trinajstić information content (AvgIpc) is 2.25. The van der Waals surface area contributed by atoms with Gasteiger partial charge in [-0.25, -0.2) is 9.59 Å². The minimum absolute atomic E-state index is 0.0199. The van der Waals surface area contributed by atoms with Crippen molar-refractivity contribution in [3.63, 3.8) is 0 Å². The van der Waals surface area contributed by atoms with Crippen LogP contribution in [0.25, 0.3) is 0 Å². The molecule has 0 aromatic heterocycles. The van der Waals surface area contributed by atoms with Gasteiger partial charge in [0, 0.05) is 11.6 Å². The third-order valence-corrected chi connectivity index (χ3v) is 2.43. The summed E-state index contributed by atoms with van der Waals surface area (Å²) in [5.74, 6) is -0.497. The Kier molecular flexibility index (Phi) is 8.08. The van der Waals surface area contributed by atoms with Gasteiger partial charge in [0.25, 0.3) is 0 Å². The summed E-state index contributed by atoms with van der Waals surface area (Å²) in [5, 5.41) is 0. The van der Waals surface area contributed by atoms with E-state index in [2.05, 4.69) is 13.8 Å². The van der Waals surface area contributed by atoms with Crippen LogP contribution in [-0.2, 0) is 19.1 Å². The first-order chi connectivity index (χ1) is 8.42. The molecule has 0 fully saturated rings. The molecule has 4 nitrogen and oxygen atoms in total. The smallest absolute Gasteiger partial charge is 0.334 e. The highest BCUT2D eigenvalue weighted by Gasteiger charge is 2.20. The maximum Gasteiger partial charge on any atom is 0.334 e. The molecule has 0 aromatic carbocycles. The standard InChI is InChI=1S/C14H24O4/c1-6-17-13(15)9-12(14(16)18-7-2)11(5)8-10(3)4/h9-11H,6-8H2,1-5H3/b12-9-. The molecule has 0 rings (SSSR count). The summed E-state index contributed by atoms with van der Waals surface area (Å²) >= 11 is 0. The second-order valence-electron chi connectivity index (χ2n) is 4.60. The van der Waals surface area contributed by atoms with E-state index in [4.69, 9.17) is 9.47 Å². The van der Waals surface area contributed by atoms with E-state index in [1.54, 1.807) is 13.8 Å². The number of rotatable bonds is 7. The van der Waals surface area contributed by atoms with Gasteiger partial charge in [0.05, 0.1) is 13.2 Å². The van der Waals surface area contributed by atoms with Crippen LogP contribution in [0.4, 0.5) is 0 Å². The van der Waals surface area contributed by atoms with Gasteiger partial charge in [0.1, 0.15) is 0 Å². The fourth-order valence-electron chi connectivity index (χ4n) is 1.76. The van der Waals surface area contributed by atoms with Crippen molar-refractivity contribution in [1.29, 1.82) is 0 Å². The van der Waals surface area contributed by atoms with E-state index < -0.39 is 11.9 Å². The number of esters is 2.